The van der Waals surface area contributed by atoms with Crippen LogP contribution in [0.5, 0.6) is 0 Å². The van der Waals surface area contributed by atoms with Crippen LogP contribution in [0.25, 0.3) is 11.5 Å². The van der Waals surface area contributed by atoms with Crippen LogP contribution in [0.2, 0.25) is 0 Å². The molecule has 4 aromatic rings. The van der Waals surface area contributed by atoms with E-state index in [-0.39, 0.29) is 5.69 Å². The molecule has 3 heterocycles. The van der Waals surface area contributed by atoms with Crippen LogP contribution in [0, 0.1) is 19.7 Å². The van der Waals surface area contributed by atoms with E-state index in [2.05, 4.69) is 20.5 Å². The molecule has 1 N–H and O–H groups in total. The fourth-order valence-electron chi connectivity index (χ4n) is 3.24. The molecule has 164 valence electrons. The molecular weight excluding hydrogens is 428 g/mol. The Morgan fingerprint density at radius 2 is 1.78 bits per heavy atom. The number of hydrogen-bond donors (Lipinski definition) is 1. The molecule has 1 aromatic carbocycles. The van der Waals surface area contributed by atoms with E-state index in [1.54, 1.807) is 10.7 Å². The number of nitrogens with one attached hydrogen (secondary N) is 1. The van der Waals surface area contributed by atoms with Crippen LogP contribution in [0.3, 0.4) is 0 Å². The molecule has 1 amide bonds. The summed E-state index contributed by atoms with van der Waals surface area (Å²) in [6.07, 6.45) is -2.90. The predicted octanol–water partition coefficient (Wildman–Crippen LogP) is 4.48. The van der Waals surface area contributed by atoms with Gasteiger partial charge in [0.15, 0.2) is 11.5 Å². The number of para-hydroxylation sites is 1. The summed E-state index contributed by atoms with van der Waals surface area (Å²) in [7, 11) is 0. The molecule has 3 aromatic heterocycles. The average molecular weight is 444 g/mol. The molecule has 0 aliphatic rings. The van der Waals surface area contributed by atoms with Crippen LogP contribution >= 0.6 is 0 Å². The highest BCUT2D eigenvalue weighted by Crippen LogP contribution is 2.34. The Balaban J connectivity index is 1.64. The van der Waals surface area contributed by atoms with Gasteiger partial charge >= 0.3 is 6.18 Å². The van der Waals surface area contributed by atoms with Gasteiger partial charge in [0.25, 0.3) is 5.91 Å². The zero-order valence-corrected chi connectivity index (χ0v) is 16.9. The maximum Gasteiger partial charge on any atom is 0.434 e. The molecule has 0 aliphatic carbocycles. The van der Waals surface area contributed by atoms with Gasteiger partial charge in [-0.1, -0.05) is 12.1 Å². The van der Waals surface area contributed by atoms with Crippen LogP contribution in [0.1, 0.15) is 27.4 Å². The van der Waals surface area contributed by atoms with Crippen LogP contribution < -0.4 is 5.32 Å². The molecule has 0 spiro atoms. The van der Waals surface area contributed by atoms with Crippen LogP contribution in [0.4, 0.5) is 23.2 Å². The van der Waals surface area contributed by atoms with Crippen LogP contribution in [-0.2, 0) is 6.18 Å². The largest absolute Gasteiger partial charge is 0.434 e. The van der Waals surface area contributed by atoms with Crippen molar-refractivity contribution in [2.75, 3.05) is 5.32 Å². The highest BCUT2D eigenvalue weighted by molar-refractivity contribution is 6.05. The molecular formula is C21H16F4N6O. The summed E-state index contributed by atoms with van der Waals surface area (Å²) in [6.45, 7) is 3.68. The van der Waals surface area contributed by atoms with Gasteiger partial charge in [-0.25, -0.2) is 18.7 Å². The summed E-state index contributed by atoms with van der Waals surface area (Å²) in [5, 5.41) is 10.3. The number of rotatable bonds is 4. The lowest BCUT2D eigenvalue weighted by Gasteiger charge is -2.13. The Hall–Kier alpha value is -4.02. The van der Waals surface area contributed by atoms with E-state index in [9.17, 15) is 22.4 Å². The third-order valence-electron chi connectivity index (χ3n) is 4.60. The Kier molecular flexibility index (Phi) is 5.25. The second-order valence-electron chi connectivity index (χ2n) is 6.97. The summed E-state index contributed by atoms with van der Waals surface area (Å²) < 4.78 is 57.3. The van der Waals surface area contributed by atoms with Crippen molar-refractivity contribution in [1.29, 1.82) is 0 Å². The fourth-order valence-corrected chi connectivity index (χ4v) is 3.24. The number of pyridine rings is 1. The van der Waals surface area contributed by atoms with Gasteiger partial charge in [-0.15, -0.1) is 0 Å². The van der Waals surface area contributed by atoms with E-state index in [1.807, 2.05) is 19.9 Å². The zero-order valence-electron chi connectivity index (χ0n) is 16.9. The van der Waals surface area contributed by atoms with Crippen molar-refractivity contribution in [3.8, 4) is 11.5 Å². The molecule has 0 unspecified atom stereocenters. The fraction of sp³-hybridized carbons (Fsp3) is 0.143. The number of aromatic nitrogens is 5. The van der Waals surface area contributed by atoms with Crippen molar-refractivity contribution in [1.82, 2.24) is 24.5 Å². The summed E-state index contributed by atoms with van der Waals surface area (Å²) in [5.41, 5.74) is -0.729. The number of aryl methyl sites for hydroxylation is 2. The number of alkyl halides is 3. The van der Waals surface area contributed by atoms with Crippen molar-refractivity contribution in [3.63, 3.8) is 0 Å². The zero-order chi connectivity index (χ0) is 23.0. The Labute approximate surface area is 179 Å². The van der Waals surface area contributed by atoms with Gasteiger partial charge in [0.05, 0.1) is 29.3 Å². The van der Waals surface area contributed by atoms with Gasteiger partial charge in [-0.05, 0) is 44.2 Å². The third kappa shape index (κ3) is 3.96. The molecule has 0 saturated carbocycles. The lowest BCUT2D eigenvalue weighted by Crippen LogP contribution is -2.21. The van der Waals surface area contributed by atoms with Crippen LogP contribution in [-0.4, -0.2) is 30.5 Å². The number of nitrogens with zero attached hydrogens (tertiary/aromatic N) is 5. The number of halogens is 4. The van der Waals surface area contributed by atoms with E-state index in [0.717, 1.165) is 29.7 Å². The highest BCUT2D eigenvalue weighted by atomic mass is 19.4. The van der Waals surface area contributed by atoms with Crippen LogP contribution in [0.15, 0.2) is 54.9 Å². The second kappa shape index (κ2) is 7.91. The van der Waals surface area contributed by atoms with Gasteiger partial charge in [-0.2, -0.15) is 23.4 Å². The van der Waals surface area contributed by atoms with E-state index in [4.69, 9.17) is 0 Å². The predicted molar refractivity (Wildman–Crippen MR) is 107 cm³/mol. The quantitative estimate of drug-likeness (QED) is 0.471. The van der Waals surface area contributed by atoms with Gasteiger partial charge in [0, 0.05) is 5.69 Å². The first-order chi connectivity index (χ1) is 15.1. The minimum atomic E-state index is -4.96. The topological polar surface area (TPSA) is 77.6 Å². The SMILES string of the molecule is Cc1cc(C)n(-c2ccc(NC(=O)c3cnn(-c4ccccc4F)c3C(F)(F)F)cn2)n1. The normalized spacial score (nSPS) is 11.6. The minimum Gasteiger partial charge on any atom is -0.320 e. The number of benzene rings is 1. The molecule has 0 bridgehead atoms. The molecule has 0 aliphatic heterocycles. The number of hydrogen-bond acceptors (Lipinski definition) is 4. The van der Waals surface area contributed by atoms with Gasteiger partial charge in [-0.3, -0.25) is 4.79 Å². The van der Waals surface area contributed by atoms with Crippen molar-refractivity contribution in [2.24, 2.45) is 0 Å². The van der Waals surface area contributed by atoms with E-state index < -0.39 is 34.8 Å². The van der Waals surface area contributed by atoms with Gasteiger partial charge in [0.2, 0.25) is 0 Å². The van der Waals surface area contributed by atoms with Crippen molar-refractivity contribution in [2.45, 2.75) is 20.0 Å². The molecule has 0 saturated heterocycles. The van der Waals surface area contributed by atoms with Crippen molar-refractivity contribution >= 4 is 11.6 Å². The van der Waals surface area contributed by atoms with E-state index in [1.165, 1.54) is 24.4 Å². The minimum absolute atomic E-state index is 0.173. The molecule has 32 heavy (non-hydrogen) atoms. The third-order valence-corrected chi connectivity index (χ3v) is 4.60. The summed E-state index contributed by atoms with van der Waals surface area (Å²) in [6, 6.07) is 9.78. The number of anilines is 1. The monoisotopic (exact) mass is 444 g/mol. The molecule has 7 nitrogen and oxygen atoms in total. The Bertz CT molecular complexity index is 1290. The lowest BCUT2D eigenvalue weighted by molar-refractivity contribution is -0.143. The number of amides is 1. The maximum atomic E-state index is 14.1. The molecule has 0 radical (unpaired) electrons. The lowest BCUT2D eigenvalue weighted by atomic mass is 10.2. The number of carbonyl (C=O) groups excluding carboxylic acids is 1. The highest BCUT2D eigenvalue weighted by Gasteiger charge is 2.41. The first kappa shape index (κ1) is 21.2. The van der Waals surface area contributed by atoms with Crippen molar-refractivity contribution in [3.05, 3.63) is 83.3 Å². The average Bonchev–Trinajstić information content (AvgIpc) is 3.32. The summed E-state index contributed by atoms with van der Waals surface area (Å²) >= 11 is 0. The second-order valence-corrected chi connectivity index (χ2v) is 6.97. The van der Waals surface area contributed by atoms with E-state index in [0.29, 0.717) is 10.5 Å². The maximum absolute atomic E-state index is 14.1. The molecule has 0 fully saturated rings. The summed E-state index contributed by atoms with van der Waals surface area (Å²) in [4.78, 5) is 16.8. The Morgan fingerprint density at radius 3 is 2.38 bits per heavy atom. The standard InChI is InChI=1S/C21H16F4N6O/c1-12-9-13(2)30(29-12)18-8-7-14(10-26-18)28-20(32)15-11-27-31(19(15)21(23,24)25)17-6-4-3-5-16(17)22/h3-11H,1-2H3,(H,28,32). The smallest absolute Gasteiger partial charge is 0.320 e. The Morgan fingerprint density at radius 1 is 1.03 bits per heavy atom. The summed E-state index contributed by atoms with van der Waals surface area (Å²) in [5.74, 6) is -1.48. The first-order valence-electron chi connectivity index (χ1n) is 9.36. The van der Waals surface area contributed by atoms with Gasteiger partial charge < -0.3 is 5.32 Å². The van der Waals surface area contributed by atoms with Gasteiger partial charge in [0.1, 0.15) is 11.5 Å². The molecule has 11 heteroatoms. The molecule has 4 rings (SSSR count). The number of carbonyl (C=O) groups is 1. The van der Waals surface area contributed by atoms with Crippen molar-refractivity contribution < 1.29 is 22.4 Å². The first-order valence-corrected chi connectivity index (χ1v) is 9.36. The van der Waals surface area contributed by atoms with E-state index >= 15 is 0 Å². The molecule has 0 atom stereocenters.